The molecule has 1 aromatic heterocycles. The van der Waals surface area contributed by atoms with Crippen molar-refractivity contribution in [3.8, 4) is 11.5 Å². The van der Waals surface area contributed by atoms with Gasteiger partial charge in [-0.25, -0.2) is 4.39 Å². The fourth-order valence-electron chi connectivity index (χ4n) is 4.11. The number of hydrogen-bond donors (Lipinski definition) is 0. The normalized spacial score (nSPS) is 16.3. The zero-order valence-electron chi connectivity index (χ0n) is 19.4. The number of ether oxygens (including phenoxy) is 3. The van der Waals surface area contributed by atoms with E-state index in [9.17, 15) is 9.18 Å². The van der Waals surface area contributed by atoms with E-state index in [-0.39, 0.29) is 18.2 Å². The first-order chi connectivity index (χ1) is 16.6. The average molecular weight is 469 g/mol. The zero-order valence-corrected chi connectivity index (χ0v) is 19.4. The van der Waals surface area contributed by atoms with Crippen LogP contribution in [0.4, 0.5) is 4.39 Å². The van der Waals surface area contributed by atoms with Gasteiger partial charge in [0.25, 0.3) is 5.91 Å². The van der Waals surface area contributed by atoms with Gasteiger partial charge in [0.05, 0.1) is 45.3 Å². The molecule has 0 aliphatic carbocycles. The lowest BCUT2D eigenvalue weighted by atomic mass is 10.1. The highest BCUT2D eigenvalue weighted by molar-refractivity contribution is 5.94. The Morgan fingerprint density at radius 1 is 1.12 bits per heavy atom. The van der Waals surface area contributed by atoms with Crippen molar-refractivity contribution in [1.82, 2.24) is 9.80 Å². The smallest absolute Gasteiger partial charge is 0.257 e. The fraction of sp³-hybridized carbons (Fsp3) is 0.346. The lowest BCUT2D eigenvalue weighted by Crippen LogP contribution is -2.48. The van der Waals surface area contributed by atoms with Crippen LogP contribution in [0.2, 0.25) is 0 Å². The quantitative estimate of drug-likeness (QED) is 0.473. The molecule has 0 radical (unpaired) electrons. The highest BCUT2D eigenvalue weighted by atomic mass is 19.1. The van der Waals surface area contributed by atoms with Crippen LogP contribution >= 0.6 is 0 Å². The molecule has 7 nitrogen and oxygen atoms in total. The number of carbonyl (C=O) groups is 1. The maximum atomic E-state index is 14.4. The first-order valence-corrected chi connectivity index (χ1v) is 11.2. The molecule has 1 atom stereocenters. The second-order valence-electron chi connectivity index (χ2n) is 8.19. The minimum atomic E-state index is -0.546. The van der Waals surface area contributed by atoms with E-state index >= 15 is 0 Å². The molecule has 1 unspecified atom stereocenters. The number of carbonyl (C=O) groups excluding carboxylic acids is 1. The van der Waals surface area contributed by atoms with Gasteiger partial charge in [-0.15, -0.1) is 0 Å². The summed E-state index contributed by atoms with van der Waals surface area (Å²) in [6.07, 6.45) is 1.33. The SMILES string of the molecule is COc1cc(CN2CCOC(CN(Cc3ccco3)C(=O)c3ccccc3F)C2)cc(OC)c1. The number of furan rings is 1. The minimum Gasteiger partial charge on any atom is -0.497 e. The monoisotopic (exact) mass is 468 g/mol. The summed E-state index contributed by atoms with van der Waals surface area (Å²) in [7, 11) is 3.26. The molecule has 8 heteroatoms. The van der Waals surface area contributed by atoms with Crippen molar-refractivity contribution in [3.63, 3.8) is 0 Å². The Balaban J connectivity index is 1.47. The van der Waals surface area contributed by atoms with E-state index in [0.29, 0.717) is 32.0 Å². The summed E-state index contributed by atoms with van der Waals surface area (Å²) in [5.41, 5.74) is 1.09. The van der Waals surface area contributed by atoms with Gasteiger partial charge in [0, 0.05) is 32.2 Å². The van der Waals surface area contributed by atoms with Crippen LogP contribution in [0, 0.1) is 5.82 Å². The Labute approximate surface area is 198 Å². The Kier molecular flexibility index (Phi) is 7.82. The van der Waals surface area contributed by atoms with E-state index in [4.69, 9.17) is 18.6 Å². The number of morpholine rings is 1. The van der Waals surface area contributed by atoms with Crippen molar-refractivity contribution in [2.45, 2.75) is 19.2 Å². The van der Waals surface area contributed by atoms with Crippen molar-refractivity contribution in [3.05, 3.63) is 83.6 Å². The van der Waals surface area contributed by atoms with Crippen molar-refractivity contribution in [1.29, 1.82) is 0 Å². The fourth-order valence-corrected chi connectivity index (χ4v) is 4.11. The minimum absolute atomic E-state index is 0.0326. The van der Waals surface area contributed by atoms with Crippen molar-refractivity contribution < 1.29 is 27.8 Å². The second kappa shape index (κ2) is 11.2. The number of nitrogens with zero attached hydrogens (tertiary/aromatic N) is 2. The van der Waals surface area contributed by atoms with Gasteiger partial charge in [-0.1, -0.05) is 12.1 Å². The summed E-state index contributed by atoms with van der Waals surface area (Å²) in [5.74, 6) is 1.15. The number of benzene rings is 2. The lowest BCUT2D eigenvalue weighted by molar-refractivity contribution is -0.0443. The standard InChI is InChI=1S/C26H29FN2O5/c1-31-21-12-19(13-22(14-21)32-2)15-28-9-11-34-23(16-28)18-29(17-20-6-5-10-33-20)26(30)24-7-3-4-8-25(24)27/h3-8,10,12-14,23H,9,11,15-18H2,1-2H3. The molecule has 180 valence electrons. The maximum Gasteiger partial charge on any atom is 0.257 e. The molecule has 4 rings (SSSR count). The van der Waals surface area contributed by atoms with Crippen LogP contribution in [-0.4, -0.2) is 62.3 Å². The first-order valence-electron chi connectivity index (χ1n) is 11.2. The topological polar surface area (TPSA) is 64.4 Å². The van der Waals surface area contributed by atoms with Gasteiger partial charge in [0.1, 0.15) is 23.1 Å². The van der Waals surface area contributed by atoms with E-state index in [1.165, 1.54) is 12.1 Å². The Morgan fingerprint density at radius 2 is 1.88 bits per heavy atom. The highest BCUT2D eigenvalue weighted by Gasteiger charge is 2.27. The van der Waals surface area contributed by atoms with Gasteiger partial charge in [0.15, 0.2) is 0 Å². The molecule has 1 aliphatic rings. The van der Waals surface area contributed by atoms with Crippen molar-refractivity contribution >= 4 is 5.91 Å². The third-order valence-corrected chi connectivity index (χ3v) is 5.78. The molecule has 0 bridgehead atoms. The predicted molar refractivity (Wildman–Crippen MR) is 124 cm³/mol. The maximum absolute atomic E-state index is 14.4. The summed E-state index contributed by atoms with van der Waals surface area (Å²) in [4.78, 5) is 17.1. The van der Waals surface area contributed by atoms with Gasteiger partial charge in [-0.05, 0) is 42.0 Å². The van der Waals surface area contributed by atoms with Gasteiger partial charge < -0.3 is 23.5 Å². The van der Waals surface area contributed by atoms with Crippen LogP contribution < -0.4 is 9.47 Å². The molecule has 3 aromatic rings. The van der Waals surface area contributed by atoms with E-state index in [2.05, 4.69) is 4.90 Å². The molecule has 1 fully saturated rings. The Bertz CT molecular complexity index is 1070. The molecule has 1 amide bonds. The second-order valence-corrected chi connectivity index (χ2v) is 8.19. The molecular formula is C26H29FN2O5. The molecule has 1 aliphatic heterocycles. The van der Waals surface area contributed by atoms with E-state index in [0.717, 1.165) is 23.6 Å². The summed E-state index contributed by atoms with van der Waals surface area (Å²) in [6.45, 7) is 3.15. The molecule has 1 saturated heterocycles. The number of rotatable bonds is 9. The van der Waals surface area contributed by atoms with Crippen LogP contribution in [0.15, 0.2) is 65.3 Å². The van der Waals surface area contributed by atoms with Crippen LogP contribution in [0.3, 0.4) is 0 Å². The van der Waals surface area contributed by atoms with Crippen LogP contribution in [-0.2, 0) is 17.8 Å². The third kappa shape index (κ3) is 5.95. The Hall–Kier alpha value is -3.36. The van der Waals surface area contributed by atoms with E-state index in [1.807, 2.05) is 18.2 Å². The summed E-state index contributed by atoms with van der Waals surface area (Å²) >= 11 is 0. The molecule has 0 spiro atoms. The summed E-state index contributed by atoms with van der Waals surface area (Å²) < 4.78 is 36.6. The van der Waals surface area contributed by atoms with E-state index < -0.39 is 11.7 Å². The molecule has 2 heterocycles. The molecule has 34 heavy (non-hydrogen) atoms. The molecule has 0 N–H and O–H groups in total. The van der Waals surface area contributed by atoms with Gasteiger partial charge in [-0.3, -0.25) is 9.69 Å². The van der Waals surface area contributed by atoms with E-state index in [1.54, 1.807) is 49.6 Å². The number of amides is 1. The number of methoxy groups -OCH3 is 2. The molecular weight excluding hydrogens is 439 g/mol. The van der Waals surface area contributed by atoms with Crippen LogP contribution in [0.25, 0.3) is 0 Å². The highest BCUT2D eigenvalue weighted by Crippen LogP contribution is 2.24. The van der Waals surface area contributed by atoms with Crippen LogP contribution in [0.5, 0.6) is 11.5 Å². The van der Waals surface area contributed by atoms with Gasteiger partial charge >= 0.3 is 0 Å². The summed E-state index contributed by atoms with van der Waals surface area (Å²) in [5, 5.41) is 0. The van der Waals surface area contributed by atoms with Crippen molar-refractivity contribution in [2.24, 2.45) is 0 Å². The number of halogens is 1. The third-order valence-electron chi connectivity index (χ3n) is 5.78. The lowest BCUT2D eigenvalue weighted by Gasteiger charge is -2.35. The first kappa shape index (κ1) is 23.8. The van der Waals surface area contributed by atoms with Gasteiger partial charge in [-0.2, -0.15) is 0 Å². The molecule has 0 saturated carbocycles. The van der Waals surface area contributed by atoms with Crippen LogP contribution in [0.1, 0.15) is 21.7 Å². The number of hydrogen-bond acceptors (Lipinski definition) is 6. The van der Waals surface area contributed by atoms with Crippen molar-refractivity contribution in [2.75, 3.05) is 40.5 Å². The average Bonchev–Trinajstić information content (AvgIpc) is 3.36. The summed E-state index contributed by atoms with van der Waals surface area (Å²) in [6, 6.07) is 15.4. The van der Waals surface area contributed by atoms with Gasteiger partial charge in [0.2, 0.25) is 0 Å². The largest absolute Gasteiger partial charge is 0.497 e. The Morgan fingerprint density at radius 3 is 2.56 bits per heavy atom. The molecule has 2 aromatic carbocycles. The predicted octanol–water partition coefficient (Wildman–Crippen LogP) is 3.98. The zero-order chi connectivity index (χ0) is 23.9.